The van der Waals surface area contributed by atoms with Crippen molar-refractivity contribution in [3.8, 4) is 0 Å². The molecule has 0 fully saturated rings. The molecule has 10 heteroatoms. The Bertz CT molecular complexity index is 1090. The third kappa shape index (κ3) is 4.53. The summed E-state index contributed by atoms with van der Waals surface area (Å²) in [5, 5.41) is 4.60. The first-order valence-corrected chi connectivity index (χ1v) is 9.45. The van der Waals surface area contributed by atoms with Crippen molar-refractivity contribution in [1.82, 2.24) is 14.9 Å². The number of hydrogen-bond donors (Lipinski definition) is 2. The number of carbonyl (C=O) groups excluding carboxylic acids is 2. The maximum atomic E-state index is 13.6. The summed E-state index contributed by atoms with van der Waals surface area (Å²) in [5.74, 6) is -5.75. The fourth-order valence-electron chi connectivity index (χ4n) is 2.57. The molecule has 3 rings (SSSR count). The molecule has 0 radical (unpaired) electrons. The topological polar surface area (TPSA) is 76.0 Å². The molecule has 29 heavy (non-hydrogen) atoms. The highest BCUT2D eigenvalue weighted by Gasteiger charge is 2.20. The summed E-state index contributed by atoms with van der Waals surface area (Å²) in [4.78, 5) is 28.6. The van der Waals surface area contributed by atoms with E-state index in [1.807, 2.05) is 35.9 Å². The Kier molecular flexibility index (Phi) is 6.12. The number of nitrogens with zero attached hydrogens (tertiary/aromatic N) is 2. The molecule has 0 aliphatic heterocycles. The van der Waals surface area contributed by atoms with Crippen molar-refractivity contribution in [3.63, 3.8) is 0 Å². The van der Waals surface area contributed by atoms with E-state index < -0.39 is 46.7 Å². The molecule has 0 saturated carbocycles. The SMILES string of the molecule is C[C@@H](Sc1nc2ccccc2n1C)C(=O)NCC(=O)Nc1ccc(F)c(F)c1F. The van der Waals surface area contributed by atoms with E-state index in [0.717, 1.165) is 17.1 Å². The first-order valence-electron chi connectivity index (χ1n) is 8.57. The highest BCUT2D eigenvalue weighted by atomic mass is 32.2. The fourth-order valence-corrected chi connectivity index (χ4v) is 3.48. The van der Waals surface area contributed by atoms with E-state index in [4.69, 9.17) is 0 Å². The number of imidazole rings is 1. The zero-order valence-electron chi connectivity index (χ0n) is 15.5. The third-order valence-electron chi connectivity index (χ3n) is 4.13. The average molecular weight is 422 g/mol. The van der Waals surface area contributed by atoms with Crippen LogP contribution in [-0.2, 0) is 16.6 Å². The zero-order valence-corrected chi connectivity index (χ0v) is 16.3. The Morgan fingerprint density at radius 3 is 2.59 bits per heavy atom. The Morgan fingerprint density at radius 2 is 1.86 bits per heavy atom. The lowest BCUT2D eigenvalue weighted by Crippen LogP contribution is -2.37. The van der Waals surface area contributed by atoms with Crippen molar-refractivity contribution >= 4 is 40.3 Å². The number of aryl methyl sites for hydroxylation is 1. The molecule has 6 nitrogen and oxygen atoms in total. The number of benzene rings is 2. The molecule has 1 atom stereocenters. The lowest BCUT2D eigenvalue weighted by atomic mass is 10.2. The standard InChI is InChI=1S/C19H17F3N4O2S/c1-10(29-19-25-12-5-3-4-6-14(12)26(19)2)18(28)23-9-15(27)24-13-8-7-11(20)16(21)17(13)22/h3-8,10H,9H2,1-2H3,(H,23,28)(H,24,27)/t10-/m1/s1. The van der Waals surface area contributed by atoms with Gasteiger partial charge < -0.3 is 15.2 Å². The first-order chi connectivity index (χ1) is 13.8. The van der Waals surface area contributed by atoms with Gasteiger partial charge in [0.05, 0.1) is 28.5 Å². The van der Waals surface area contributed by atoms with Crippen LogP contribution in [0.4, 0.5) is 18.9 Å². The van der Waals surface area contributed by atoms with Crippen molar-refractivity contribution in [2.24, 2.45) is 7.05 Å². The highest BCUT2D eigenvalue weighted by Crippen LogP contribution is 2.26. The second-order valence-electron chi connectivity index (χ2n) is 6.19. The van der Waals surface area contributed by atoms with Gasteiger partial charge in [-0.25, -0.2) is 18.2 Å². The number of aromatic nitrogens is 2. The Morgan fingerprint density at radius 1 is 1.14 bits per heavy atom. The summed E-state index contributed by atoms with van der Waals surface area (Å²) in [5.41, 5.74) is 1.22. The van der Waals surface area contributed by atoms with Gasteiger partial charge >= 0.3 is 0 Å². The van der Waals surface area contributed by atoms with E-state index in [2.05, 4.69) is 15.6 Å². The largest absolute Gasteiger partial charge is 0.346 e. The summed E-state index contributed by atoms with van der Waals surface area (Å²) < 4.78 is 41.6. The zero-order chi connectivity index (χ0) is 21.1. The van der Waals surface area contributed by atoms with Crippen molar-refractivity contribution < 1.29 is 22.8 Å². The monoisotopic (exact) mass is 422 g/mol. The first kappa shape index (κ1) is 20.7. The van der Waals surface area contributed by atoms with Crippen LogP contribution in [0.3, 0.4) is 0 Å². The van der Waals surface area contributed by atoms with Crippen LogP contribution in [0, 0.1) is 17.5 Å². The summed E-state index contributed by atoms with van der Waals surface area (Å²) in [6.07, 6.45) is 0. The molecule has 2 aromatic carbocycles. The predicted molar refractivity (Wildman–Crippen MR) is 104 cm³/mol. The number of halogens is 3. The number of fused-ring (bicyclic) bond motifs is 1. The Labute approximate surface area is 168 Å². The molecule has 3 aromatic rings. The van der Waals surface area contributed by atoms with Crippen molar-refractivity contribution in [2.45, 2.75) is 17.3 Å². The Hall–Kier alpha value is -3.01. The van der Waals surface area contributed by atoms with Gasteiger partial charge in [0.1, 0.15) is 0 Å². The third-order valence-corrected chi connectivity index (χ3v) is 5.27. The van der Waals surface area contributed by atoms with Crippen molar-refractivity contribution in [3.05, 3.63) is 53.8 Å². The van der Waals surface area contributed by atoms with Gasteiger partial charge in [-0.2, -0.15) is 0 Å². The van der Waals surface area contributed by atoms with E-state index in [-0.39, 0.29) is 0 Å². The number of rotatable bonds is 6. The highest BCUT2D eigenvalue weighted by molar-refractivity contribution is 8.00. The molecule has 0 unspecified atom stereocenters. The number of amides is 2. The van der Waals surface area contributed by atoms with Gasteiger partial charge in [0, 0.05) is 7.05 Å². The van der Waals surface area contributed by atoms with Crippen LogP contribution in [-0.4, -0.2) is 33.2 Å². The smallest absolute Gasteiger partial charge is 0.243 e. The van der Waals surface area contributed by atoms with Gasteiger partial charge in [-0.15, -0.1) is 0 Å². The van der Waals surface area contributed by atoms with E-state index >= 15 is 0 Å². The molecule has 0 bridgehead atoms. The number of anilines is 1. The number of hydrogen-bond acceptors (Lipinski definition) is 4. The summed E-state index contributed by atoms with van der Waals surface area (Å²) >= 11 is 1.22. The van der Waals surface area contributed by atoms with Crippen LogP contribution in [0.2, 0.25) is 0 Å². The fraction of sp³-hybridized carbons (Fsp3) is 0.211. The van der Waals surface area contributed by atoms with Crippen LogP contribution in [0.25, 0.3) is 11.0 Å². The van der Waals surface area contributed by atoms with Crippen molar-refractivity contribution in [2.75, 3.05) is 11.9 Å². The van der Waals surface area contributed by atoms with Crippen LogP contribution in [0.1, 0.15) is 6.92 Å². The number of thioether (sulfide) groups is 1. The summed E-state index contributed by atoms with van der Waals surface area (Å²) in [7, 11) is 1.84. The molecule has 2 N–H and O–H groups in total. The molecule has 0 aliphatic rings. The molecule has 0 saturated heterocycles. The molecule has 0 aliphatic carbocycles. The van der Waals surface area contributed by atoms with E-state index in [9.17, 15) is 22.8 Å². The van der Waals surface area contributed by atoms with Gasteiger partial charge in [-0.3, -0.25) is 9.59 Å². The van der Waals surface area contributed by atoms with Gasteiger partial charge in [-0.05, 0) is 31.2 Å². The van der Waals surface area contributed by atoms with Crippen LogP contribution < -0.4 is 10.6 Å². The van der Waals surface area contributed by atoms with Crippen molar-refractivity contribution in [1.29, 1.82) is 0 Å². The minimum atomic E-state index is -1.68. The average Bonchev–Trinajstić information content (AvgIpc) is 3.02. The summed E-state index contributed by atoms with van der Waals surface area (Å²) in [6.45, 7) is 1.21. The maximum Gasteiger partial charge on any atom is 0.243 e. The molecule has 2 amide bonds. The number of carbonyl (C=O) groups is 2. The van der Waals surface area contributed by atoms with Crippen LogP contribution in [0.15, 0.2) is 41.6 Å². The minimum absolute atomic E-state index is 0.428. The molecule has 1 aromatic heterocycles. The normalized spacial score (nSPS) is 12.0. The van der Waals surface area contributed by atoms with Gasteiger partial charge in [-0.1, -0.05) is 23.9 Å². The maximum absolute atomic E-state index is 13.6. The van der Waals surface area contributed by atoms with E-state index in [1.54, 1.807) is 6.92 Å². The van der Waals surface area contributed by atoms with Crippen LogP contribution >= 0.6 is 11.8 Å². The molecule has 152 valence electrons. The minimum Gasteiger partial charge on any atom is -0.346 e. The van der Waals surface area contributed by atoms with E-state index in [1.165, 1.54) is 11.8 Å². The molecular weight excluding hydrogens is 405 g/mol. The number of nitrogens with one attached hydrogen (secondary N) is 2. The molecular formula is C19H17F3N4O2S. The van der Waals surface area contributed by atoms with Gasteiger partial charge in [0.15, 0.2) is 22.6 Å². The molecule has 1 heterocycles. The Balaban J connectivity index is 1.56. The van der Waals surface area contributed by atoms with Gasteiger partial charge in [0.2, 0.25) is 11.8 Å². The summed E-state index contributed by atoms with van der Waals surface area (Å²) in [6, 6.07) is 9.14. The lowest BCUT2D eigenvalue weighted by Gasteiger charge is -2.12. The molecule has 0 spiro atoms. The predicted octanol–water partition coefficient (Wildman–Crippen LogP) is 3.23. The van der Waals surface area contributed by atoms with Gasteiger partial charge in [0.25, 0.3) is 0 Å². The lowest BCUT2D eigenvalue weighted by molar-refractivity contribution is -0.123. The number of para-hydroxylation sites is 2. The second kappa shape index (κ2) is 8.56. The van der Waals surface area contributed by atoms with Crippen LogP contribution in [0.5, 0.6) is 0 Å². The second-order valence-corrected chi connectivity index (χ2v) is 7.50. The quantitative estimate of drug-likeness (QED) is 0.473. The van der Waals surface area contributed by atoms with E-state index in [0.29, 0.717) is 11.2 Å².